The van der Waals surface area contributed by atoms with Crippen LogP contribution >= 0.6 is 0 Å². The van der Waals surface area contributed by atoms with Gasteiger partial charge in [-0.05, 0) is 29.0 Å². The molecule has 2 heterocycles. The van der Waals surface area contributed by atoms with Crippen molar-refractivity contribution >= 4 is 21.7 Å². The highest BCUT2D eigenvalue weighted by Gasteiger charge is 2.14. The quantitative estimate of drug-likeness (QED) is 0.465. The average molecular weight is 320 g/mol. The molecular formula is C20H18NO3+. The van der Waals surface area contributed by atoms with Gasteiger partial charge in [-0.2, -0.15) is 0 Å². The van der Waals surface area contributed by atoms with Gasteiger partial charge >= 0.3 is 5.63 Å². The lowest BCUT2D eigenvalue weighted by Gasteiger charge is -2.14. The summed E-state index contributed by atoms with van der Waals surface area (Å²) in [4.78, 5) is 13.2. The summed E-state index contributed by atoms with van der Waals surface area (Å²) in [7, 11) is 2.09. The Labute approximate surface area is 138 Å². The molecule has 0 saturated heterocycles. The van der Waals surface area contributed by atoms with Crippen LogP contribution in [0.2, 0.25) is 0 Å². The lowest BCUT2D eigenvalue weighted by molar-refractivity contribution is -0.908. The third kappa shape index (κ3) is 2.72. The molecule has 120 valence electrons. The minimum Gasteiger partial charge on any atom is -0.463 e. The Hall–Kier alpha value is -2.85. The van der Waals surface area contributed by atoms with Gasteiger partial charge in [0.1, 0.15) is 18.7 Å². The Balaban J connectivity index is 1.81. The molecule has 1 N–H and O–H groups in total. The molecule has 1 atom stereocenters. The van der Waals surface area contributed by atoms with Crippen LogP contribution in [0.4, 0.5) is 0 Å². The van der Waals surface area contributed by atoms with Crippen LogP contribution in [-0.4, -0.2) is 7.05 Å². The standard InChI is InChI=1S/C20H17NO3/c1-21(13-16-6-4-10-23-16)12-15-11-19(22)24-18-9-8-14-5-2-3-7-17(14)20(15)18/h2-11H,12-13H2,1H3/p+1. The van der Waals surface area contributed by atoms with E-state index in [1.165, 1.54) is 4.90 Å². The van der Waals surface area contributed by atoms with Gasteiger partial charge < -0.3 is 13.7 Å². The fourth-order valence-electron chi connectivity index (χ4n) is 3.26. The predicted molar refractivity (Wildman–Crippen MR) is 93.0 cm³/mol. The number of rotatable bonds is 4. The highest BCUT2D eigenvalue weighted by atomic mass is 16.4. The lowest BCUT2D eigenvalue weighted by Crippen LogP contribution is -3.06. The number of furan rings is 1. The van der Waals surface area contributed by atoms with Gasteiger partial charge in [0, 0.05) is 17.0 Å². The second kappa shape index (κ2) is 5.98. The van der Waals surface area contributed by atoms with Crippen LogP contribution in [0, 0.1) is 0 Å². The summed E-state index contributed by atoms with van der Waals surface area (Å²) in [6.45, 7) is 1.48. The summed E-state index contributed by atoms with van der Waals surface area (Å²) in [5, 5.41) is 3.27. The van der Waals surface area contributed by atoms with Gasteiger partial charge in [0.25, 0.3) is 0 Å². The monoisotopic (exact) mass is 320 g/mol. The first-order valence-corrected chi connectivity index (χ1v) is 7.99. The minimum absolute atomic E-state index is 0.307. The molecular weight excluding hydrogens is 302 g/mol. The zero-order chi connectivity index (χ0) is 16.5. The van der Waals surface area contributed by atoms with Crippen molar-refractivity contribution in [3.63, 3.8) is 0 Å². The number of benzene rings is 2. The van der Waals surface area contributed by atoms with Crippen LogP contribution in [0.3, 0.4) is 0 Å². The van der Waals surface area contributed by atoms with E-state index >= 15 is 0 Å². The largest absolute Gasteiger partial charge is 0.463 e. The van der Waals surface area contributed by atoms with Gasteiger partial charge in [-0.25, -0.2) is 4.79 Å². The third-order valence-electron chi connectivity index (χ3n) is 4.26. The first kappa shape index (κ1) is 14.7. The zero-order valence-corrected chi connectivity index (χ0v) is 13.4. The van der Waals surface area contributed by atoms with Crippen molar-refractivity contribution in [2.24, 2.45) is 0 Å². The predicted octanol–water partition coefficient (Wildman–Crippen LogP) is 2.75. The van der Waals surface area contributed by atoms with Crippen molar-refractivity contribution < 1.29 is 13.7 Å². The van der Waals surface area contributed by atoms with E-state index in [1.54, 1.807) is 12.3 Å². The average Bonchev–Trinajstić information content (AvgIpc) is 3.07. The summed E-state index contributed by atoms with van der Waals surface area (Å²) in [6, 6.07) is 17.5. The third-order valence-corrected chi connectivity index (χ3v) is 4.26. The van der Waals surface area contributed by atoms with Gasteiger partial charge in [0.15, 0.2) is 5.76 Å². The maximum Gasteiger partial charge on any atom is 0.336 e. The van der Waals surface area contributed by atoms with Crippen LogP contribution in [0.1, 0.15) is 11.3 Å². The van der Waals surface area contributed by atoms with Crippen molar-refractivity contribution in [1.29, 1.82) is 0 Å². The number of hydrogen-bond donors (Lipinski definition) is 1. The summed E-state index contributed by atoms with van der Waals surface area (Å²) < 4.78 is 10.8. The van der Waals surface area contributed by atoms with Crippen LogP contribution in [-0.2, 0) is 13.1 Å². The first-order valence-electron chi connectivity index (χ1n) is 7.99. The smallest absolute Gasteiger partial charge is 0.336 e. The topological polar surface area (TPSA) is 47.8 Å². The van der Waals surface area contributed by atoms with Crippen LogP contribution in [0.15, 0.2) is 74.5 Å². The first-order chi connectivity index (χ1) is 11.7. The number of quaternary nitrogens is 1. The molecule has 24 heavy (non-hydrogen) atoms. The molecule has 4 aromatic rings. The molecule has 0 aliphatic rings. The van der Waals surface area contributed by atoms with Gasteiger partial charge in [-0.3, -0.25) is 0 Å². The number of nitrogens with one attached hydrogen (secondary N) is 1. The molecule has 0 aliphatic heterocycles. The van der Waals surface area contributed by atoms with Crippen molar-refractivity contribution in [3.05, 3.63) is 82.6 Å². The normalized spacial score (nSPS) is 12.7. The summed E-state index contributed by atoms with van der Waals surface area (Å²) >= 11 is 0. The van der Waals surface area contributed by atoms with Crippen LogP contribution in [0.5, 0.6) is 0 Å². The lowest BCUT2D eigenvalue weighted by atomic mass is 10.0. The fourth-order valence-corrected chi connectivity index (χ4v) is 3.26. The highest BCUT2D eigenvalue weighted by molar-refractivity contribution is 6.06. The molecule has 2 aromatic carbocycles. The van der Waals surface area contributed by atoms with E-state index in [2.05, 4.69) is 19.2 Å². The van der Waals surface area contributed by atoms with E-state index < -0.39 is 0 Å². The summed E-state index contributed by atoms with van der Waals surface area (Å²) in [6.07, 6.45) is 1.68. The minimum atomic E-state index is -0.307. The van der Waals surface area contributed by atoms with Gasteiger partial charge in [0.05, 0.1) is 13.3 Å². The molecule has 0 fully saturated rings. The van der Waals surface area contributed by atoms with Crippen molar-refractivity contribution in [2.45, 2.75) is 13.1 Å². The van der Waals surface area contributed by atoms with E-state index in [9.17, 15) is 4.79 Å². The van der Waals surface area contributed by atoms with Crippen LogP contribution in [0.25, 0.3) is 21.7 Å². The highest BCUT2D eigenvalue weighted by Crippen LogP contribution is 2.26. The molecule has 4 heteroatoms. The van der Waals surface area contributed by atoms with Crippen molar-refractivity contribution in [1.82, 2.24) is 0 Å². The molecule has 0 amide bonds. The van der Waals surface area contributed by atoms with Crippen LogP contribution < -0.4 is 10.5 Å². The molecule has 0 radical (unpaired) electrons. The Morgan fingerprint density at radius 1 is 1.00 bits per heavy atom. The van der Waals surface area contributed by atoms with Crippen molar-refractivity contribution in [3.8, 4) is 0 Å². The summed E-state index contributed by atoms with van der Waals surface area (Å²) in [5.41, 5.74) is 1.34. The molecule has 4 nitrogen and oxygen atoms in total. The van der Waals surface area contributed by atoms with E-state index in [0.29, 0.717) is 5.58 Å². The second-order valence-corrected chi connectivity index (χ2v) is 6.14. The van der Waals surface area contributed by atoms with E-state index in [1.807, 2.05) is 36.4 Å². The number of fused-ring (bicyclic) bond motifs is 3. The van der Waals surface area contributed by atoms with E-state index in [-0.39, 0.29) is 5.63 Å². The Kier molecular flexibility index (Phi) is 3.67. The Morgan fingerprint density at radius 2 is 1.88 bits per heavy atom. The molecule has 0 aliphatic carbocycles. The molecule has 0 saturated carbocycles. The van der Waals surface area contributed by atoms with Gasteiger partial charge in [0.2, 0.25) is 0 Å². The maximum absolute atomic E-state index is 11.9. The fraction of sp³-hybridized carbons (Fsp3) is 0.150. The van der Waals surface area contributed by atoms with Gasteiger partial charge in [-0.1, -0.05) is 30.3 Å². The Morgan fingerprint density at radius 3 is 2.71 bits per heavy atom. The molecule has 1 unspecified atom stereocenters. The number of hydrogen-bond acceptors (Lipinski definition) is 3. The molecule has 4 rings (SSSR count). The molecule has 0 bridgehead atoms. The maximum atomic E-state index is 11.9. The zero-order valence-electron chi connectivity index (χ0n) is 13.4. The Bertz CT molecular complexity index is 1050. The summed E-state index contributed by atoms with van der Waals surface area (Å²) in [5.74, 6) is 0.935. The molecule has 2 aromatic heterocycles. The van der Waals surface area contributed by atoms with E-state index in [0.717, 1.165) is 40.6 Å². The van der Waals surface area contributed by atoms with Gasteiger partial charge in [-0.15, -0.1) is 0 Å². The van der Waals surface area contributed by atoms with Crippen molar-refractivity contribution in [2.75, 3.05) is 7.05 Å². The second-order valence-electron chi connectivity index (χ2n) is 6.14. The SMILES string of the molecule is C[NH+](Cc1ccco1)Cc1cc(=O)oc2ccc3ccccc3c12. The van der Waals surface area contributed by atoms with E-state index in [4.69, 9.17) is 8.83 Å². The molecule has 0 spiro atoms.